The maximum atomic E-state index is 2.46. The molecule has 0 bridgehead atoms. The predicted octanol–water partition coefficient (Wildman–Crippen LogP) is 5.65. The summed E-state index contributed by atoms with van der Waals surface area (Å²) in [7, 11) is 0. The Kier molecular flexibility index (Phi) is 9.67. The highest BCUT2D eigenvalue weighted by atomic mass is 14.0. The molecule has 88 valence electrons. The van der Waals surface area contributed by atoms with E-state index < -0.39 is 0 Å². The minimum atomic E-state index is 1.16. The minimum absolute atomic E-state index is 1.16. The van der Waals surface area contributed by atoms with Crippen molar-refractivity contribution in [3.05, 3.63) is 23.3 Å². The number of rotatable bonds is 8. The molecule has 0 aliphatic heterocycles. The standard InChI is InChI=1S/C15H28/c1-5-8-10-13-15(12-9-6-2)14(4)11-7-3/h11,13H,5-10,12H2,1-4H3/b14-11+,15-13-. The van der Waals surface area contributed by atoms with Crippen LogP contribution in [0, 0.1) is 0 Å². The van der Waals surface area contributed by atoms with Crippen LogP contribution in [-0.4, -0.2) is 0 Å². The molecule has 15 heavy (non-hydrogen) atoms. The van der Waals surface area contributed by atoms with E-state index in [1.54, 1.807) is 5.57 Å². The van der Waals surface area contributed by atoms with Crippen molar-refractivity contribution in [2.45, 2.75) is 72.6 Å². The van der Waals surface area contributed by atoms with Gasteiger partial charge >= 0.3 is 0 Å². The summed E-state index contributed by atoms with van der Waals surface area (Å²) in [6.07, 6.45) is 13.7. The van der Waals surface area contributed by atoms with E-state index in [2.05, 4.69) is 39.8 Å². The van der Waals surface area contributed by atoms with E-state index in [-0.39, 0.29) is 0 Å². The van der Waals surface area contributed by atoms with E-state index >= 15 is 0 Å². The second kappa shape index (κ2) is 10.0. The molecule has 0 spiro atoms. The van der Waals surface area contributed by atoms with Crippen molar-refractivity contribution >= 4 is 0 Å². The van der Waals surface area contributed by atoms with Gasteiger partial charge in [0.2, 0.25) is 0 Å². The SMILES string of the molecule is CC/C=C(C)/C(=C\CCCC)CCCC. The first-order valence-corrected chi connectivity index (χ1v) is 6.62. The Hall–Kier alpha value is -0.520. The van der Waals surface area contributed by atoms with Crippen molar-refractivity contribution < 1.29 is 0 Å². The van der Waals surface area contributed by atoms with E-state index in [0.717, 1.165) is 6.42 Å². The first-order chi connectivity index (χ1) is 7.26. The summed E-state index contributed by atoms with van der Waals surface area (Å²) < 4.78 is 0. The van der Waals surface area contributed by atoms with Crippen LogP contribution in [0.3, 0.4) is 0 Å². The van der Waals surface area contributed by atoms with Gasteiger partial charge in [-0.25, -0.2) is 0 Å². The number of hydrogen-bond acceptors (Lipinski definition) is 0. The molecule has 0 atom stereocenters. The normalized spacial score (nSPS) is 13.3. The largest absolute Gasteiger partial charge is 0.0816 e. The molecular weight excluding hydrogens is 180 g/mol. The summed E-state index contributed by atoms with van der Waals surface area (Å²) in [5.41, 5.74) is 3.09. The average molecular weight is 208 g/mol. The number of allylic oxidation sites excluding steroid dienone is 4. The highest BCUT2D eigenvalue weighted by Gasteiger charge is 1.98. The van der Waals surface area contributed by atoms with Gasteiger partial charge in [-0.1, -0.05) is 57.8 Å². The maximum Gasteiger partial charge on any atom is -0.0280 e. The topological polar surface area (TPSA) is 0 Å². The van der Waals surface area contributed by atoms with Crippen molar-refractivity contribution in [1.29, 1.82) is 0 Å². The van der Waals surface area contributed by atoms with Gasteiger partial charge in [0.25, 0.3) is 0 Å². The van der Waals surface area contributed by atoms with Crippen LogP contribution in [0.4, 0.5) is 0 Å². The summed E-state index contributed by atoms with van der Waals surface area (Å²) in [4.78, 5) is 0. The molecule has 0 unspecified atom stereocenters. The molecule has 0 aliphatic rings. The fourth-order valence-electron chi connectivity index (χ4n) is 1.75. The van der Waals surface area contributed by atoms with Crippen LogP contribution in [0.25, 0.3) is 0 Å². The Bertz CT molecular complexity index is 196. The van der Waals surface area contributed by atoms with Gasteiger partial charge < -0.3 is 0 Å². The second-order valence-corrected chi connectivity index (χ2v) is 4.27. The Morgan fingerprint density at radius 2 is 1.60 bits per heavy atom. The van der Waals surface area contributed by atoms with Crippen LogP contribution in [0.5, 0.6) is 0 Å². The van der Waals surface area contributed by atoms with Crippen molar-refractivity contribution in [2.24, 2.45) is 0 Å². The lowest BCUT2D eigenvalue weighted by atomic mass is 9.99. The van der Waals surface area contributed by atoms with Crippen LogP contribution in [-0.2, 0) is 0 Å². The molecule has 0 aromatic heterocycles. The van der Waals surface area contributed by atoms with Gasteiger partial charge in [-0.05, 0) is 38.2 Å². The smallest absolute Gasteiger partial charge is 0.0280 e. The molecule has 0 heterocycles. The zero-order valence-electron chi connectivity index (χ0n) is 11.1. The monoisotopic (exact) mass is 208 g/mol. The Morgan fingerprint density at radius 1 is 0.933 bits per heavy atom. The second-order valence-electron chi connectivity index (χ2n) is 4.27. The zero-order valence-corrected chi connectivity index (χ0v) is 11.1. The summed E-state index contributed by atoms with van der Waals surface area (Å²) in [6.45, 7) is 9.00. The molecule has 0 aliphatic carbocycles. The van der Waals surface area contributed by atoms with Crippen molar-refractivity contribution in [1.82, 2.24) is 0 Å². The zero-order chi connectivity index (χ0) is 11.5. The molecule has 0 fully saturated rings. The average Bonchev–Trinajstić information content (AvgIpc) is 2.23. The molecule has 0 aromatic rings. The highest BCUT2D eigenvalue weighted by molar-refractivity contribution is 5.28. The fourth-order valence-corrected chi connectivity index (χ4v) is 1.75. The molecular formula is C15H28. The molecule has 0 N–H and O–H groups in total. The van der Waals surface area contributed by atoms with E-state index in [4.69, 9.17) is 0 Å². The Balaban J connectivity index is 4.28. The fraction of sp³-hybridized carbons (Fsp3) is 0.733. The van der Waals surface area contributed by atoms with E-state index in [9.17, 15) is 0 Å². The first kappa shape index (κ1) is 14.5. The van der Waals surface area contributed by atoms with E-state index in [1.807, 2.05) is 0 Å². The lowest BCUT2D eigenvalue weighted by Gasteiger charge is -2.07. The molecule has 0 heteroatoms. The third kappa shape index (κ3) is 7.41. The predicted molar refractivity (Wildman–Crippen MR) is 71.2 cm³/mol. The van der Waals surface area contributed by atoms with Gasteiger partial charge in [0.1, 0.15) is 0 Å². The van der Waals surface area contributed by atoms with Gasteiger partial charge in [-0.15, -0.1) is 0 Å². The van der Waals surface area contributed by atoms with E-state index in [1.165, 1.54) is 44.1 Å². The Labute approximate surface area is 96.5 Å². The van der Waals surface area contributed by atoms with Crippen molar-refractivity contribution in [3.8, 4) is 0 Å². The molecule has 0 radical (unpaired) electrons. The molecule has 0 saturated heterocycles. The van der Waals surface area contributed by atoms with Gasteiger partial charge in [-0.3, -0.25) is 0 Å². The maximum absolute atomic E-state index is 2.46. The summed E-state index contributed by atoms with van der Waals surface area (Å²) in [5.74, 6) is 0. The van der Waals surface area contributed by atoms with Crippen LogP contribution in [0.2, 0.25) is 0 Å². The minimum Gasteiger partial charge on any atom is -0.0816 e. The number of unbranched alkanes of at least 4 members (excludes halogenated alkanes) is 3. The van der Waals surface area contributed by atoms with Gasteiger partial charge in [0.05, 0.1) is 0 Å². The summed E-state index contributed by atoms with van der Waals surface area (Å²) >= 11 is 0. The van der Waals surface area contributed by atoms with Crippen LogP contribution in [0.1, 0.15) is 72.6 Å². The van der Waals surface area contributed by atoms with Crippen molar-refractivity contribution in [2.75, 3.05) is 0 Å². The van der Waals surface area contributed by atoms with Gasteiger partial charge in [0, 0.05) is 0 Å². The summed E-state index contributed by atoms with van der Waals surface area (Å²) in [5, 5.41) is 0. The molecule has 0 aromatic carbocycles. The van der Waals surface area contributed by atoms with Crippen LogP contribution in [0.15, 0.2) is 23.3 Å². The van der Waals surface area contributed by atoms with Crippen molar-refractivity contribution in [3.63, 3.8) is 0 Å². The number of hydrogen-bond donors (Lipinski definition) is 0. The van der Waals surface area contributed by atoms with Crippen LogP contribution >= 0.6 is 0 Å². The summed E-state index contributed by atoms with van der Waals surface area (Å²) in [6, 6.07) is 0. The lowest BCUT2D eigenvalue weighted by molar-refractivity contribution is 0.771. The van der Waals surface area contributed by atoms with Gasteiger partial charge in [-0.2, -0.15) is 0 Å². The molecule has 0 nitrogen and oxygen atoms in total. The molecule has 0 rings (SSSR count). The first-order valence-electron chi connectivity index (χ1n) is 6.62. The van der Waals surface area contributed by atoms with E-state index in [0.29, 0.717) is 0 Å². The molecule has 0 saturated carbocycles. The third-order valence-electron chi connectivity index (χ3n) is 2.76. The van der Waals surface area contributed by atoms with Gasteiger partial charge in [0.15, 0.2) is 0 Å². The third-order valence-corrected chi connectivity index (χ3v) is 2.76. The quantitative estimate of drug-likeness (QED) is 0.357. The van der Waals surface area contributed by atoms with Crippen LogP contribution < -0.4 is 0 Å². The lowest BCUT2D eigenvalue weighted by Crippen LogP contribution is -1.87. The Morgan fingerprint density at radius 3 is 2.13 bits per heavy atom. The molecule has 0 amide bonds. The highest BCUT2D eigenvalue weighted by Crippen LogP contribution is 2.18.